The van der Waals surface area contributed by atoms with Gasteiger partial charge in [0.05, 0.1) is 19.7 Å². The highest BCUT2D eigenvalue weighted by atomic mass is 16.5. The average Bonchev–Trinajstić information content (AvgIpc) is 2.87. The molecule has 0 saturated heterocycles. The van der Waals surface area contributed by atoms with Crippen molar-refractivity contribution in [2.75, 3.05) is 45.1 Å². The molecule has 1 aliphatic rings. The molecular weight excluding hydrogens is 446 g/mol. The van der Waals surface area contributed by atoms with Crippen LogP contribution in [0.3, 0.4) is 0 Å². The topological polar surface area (TPSA) is 109 Å². The molecule has 1 aliphatic carbocycles. The van der Waals surface area contributed by atoms with Crippen LogP contribution >= 0.6 is 0 Å². The SMILES string of the molecule is COc1cc(C(=O)NC[C@H]2CC[C@@H](Nc3nc(N(C)C)c4ccccc4n3)CC2)cc(OC)c1O. The average molecular weight is 480 g/mol. The zero-order chi connectivity index (χ0) is 24.9. The van der Waals surface area contributed by atoms with Gasteiger partial charge in [0.1, 0.15) is 5.82 Å². The second-order valence-electron chi connectivity index (χ2n) is 9.08. The summed E-state index contributed by atoms with van der Waals surface area (Å²) in [7, 11) is 6.85. The number of phenolic OH excluding ortho intramolecular Hbond substituents is 1. The maximum absolute atomic E-state index is 12.7. The largest absolute Gasteiger partial charge is 0.502 e. The molecule has 9 heteroatoms. The third-order valence-corrected chi connectivity index (χ3v) is 6.48. The van der Waals surface area contributed by atoms with E-state index in [1.165, 1.54) is 26.4 Å². The maximum atomic E-state index is 12.7. The molecule has 35 heavy (non-hydrogen) atoms. The Morgan fingerprint density at radius 2 is 1.71 bits per heavy atom. The van der Waals surface area contributed by atoms with E-state index in [0.717, 1.165) is 42.4 Å². The lowest BCUT2D eigenvalue weighted by atomic mass is 9.86. The number of hydrogen-bond acceptors (Lipinski definition) is 8. The number of amides is 1. The van der Waals surface area contributed by atoms with Gasteiger partial charge in [0.2, 0.25) is 11.7 Å². The third kappa shape index (κ3) is 5.50. The molecular formula is C26H33N5O4. The van der Waals surface area contributed by atoms with Gasteiger partial charge < -0.3 is 30.1 Å². The van der Waals surface area contributed by atoms with Gasteiger partial charge in [0.15, 0.2) is 11.5 Å². The normalized spacial score (nSPS) is 17.6. The van der Waals surface area contributed by atoms with E-state index in [0.29, 0.717) is 30.0 Å². The van der Waals surface area contributed by atoms with Crippen molar-refractivity contribution >= 4 is 28.6 Å². The van der Waals surface area contributed by atoms with E-state index in [9.17, 15) is 9.90 Å². The zero-order valence-corrected chi connectivity index (χ0v) is 20.7. The molecule has 0 radical (unpaired) electrons. The summed E-state index contributed by atoms with van der Waals surface area (Å²) in [5.74, 6) is 2.01. The monoisotopic (exact) mass is 479 g/mol. The molecule has 3 aromatic rings. The minimum Gasteiger partial charge on any atom is -0.502 e. The van der Waals surface area contributed by atoms with Gasteiger partial charge in [-0.25, -0.2) is 4.98 Å². The van der Waals surface area contributed by atoms with Crippen molar-refractivity contribution in [2.24, 2.45) is 5.92 Å². The summed E-state index contributed by atoms with van der Waals surface area (Å²) < 4.78 is 10.3. The number of anilines is 2. The lowest BCUT2D eigenvalue weighted by molar-refractivity contribution is 0.0942. The van der Waals surface area contributed by atoms with Gasteiger partial charge in [-0.1, -0.05) is 12.1 Å². The van der Waals surface area contributed by atoms with Gasteiger partial charge in [-0.15, -0.1) is 0 Å². The Hall–Kier alpha value is -3.75. The van der Waals surface area contributed by atoms with Crippen molar-refractivity contribution in [3.63, 3.8) is 0 Å². The summed E-state index contributed by atoms with van der Waals surface area (Å²) >= 11 is 0. The van der Waals surface area contributed by atoms with Crippen LogP contribution in [0.25, 0.3) is 10.9 Å². The predicted octanol–water partition coefficient (Wildman–Crippen LogP) is 3.82. The molecule has 0 spiro atoms. The number of aromatic nitrogens is 2. The van der Waals surface area contributed by atoms with Crippen molar-refractivity contribution in [3.05, 3.63) is 42.0 Å². The van der Waals surface area contributed by atoms with Gasteiger partial charge in [0.25, 0.3) is 5.91 Å². The summed E-state index contributed by atoms with van der Waals surface area (Å²) in [5, 5.41) is 17.6. The molecule has 0 unspecified atom stereocenters. The number of nitrogens with zero attached hydrogens (tertiary/aromatic N) is 3. The van der Waals surface area contributed by atoms with Gasteiger partial charge in [0, 0.05) is 37.6 Å². The number of fused-ring (bicyclic) bond motifs is 1. The number of benzene rings is 2. The number of phenols is 1. The Kier molecular flexibility index (Phi) is 7.43. The molecule has 0 aliphatic heterocycles. The predicted molar refractivity (Wildman–Crippen MR) is 137 cm³/mol. The number of hydrogen-bond donors (Lipinski definition) is 3. The Morgan fingerprint density at radius 3 is 2.34 bits per heavy atom. The molecule has 4 rings (SSSR count). The molecule has 1 amide bonds. The van der Waals surface area contributed by atoms with Crippen molar-refractivity contribution in [2.45, 2.75) is 31.7 Å². The van der Waals surface area contributed by atoms with E-state index in [-0.39, 0.29) is 23.2 Å². The molecule has 1 saturated carbocycles. The number of para-hydroxylation sites is 1. The molecule has 2 aromatic carbocycles. The molecule has 1 heterocycles. The Bertz CT molecular complexity index is 1170. The molecule has 0 bridgehead atoms. The van der Waals surface area contributed by atoms with E-state index in [1.54, 1.807) is 0 Å². The first-order valence-corrected chi connectivity index (χ1v) is 11.8. The van der Waals surface area contributed by atoms with E-state index in [2.05, 4.69) is 10.6 Å². The third-order valence-electron chi connectivity index (χ3n) is 6.48. The number of carbonyl (C=O) groups is 1. The van der Waals surface area contributed by atoms with E-state index in [4.69, 9.17) is 19.4 Å². The van der Waals surface area contributed by atoms with Crippen LogP contribution in [-0.4, -0.2) is 61.9 Å². The fourth-order valence-electron chi connectivity index (χ4n) is 4.52. The number of aromatic hydroxyl groups is 1. The maximum Gasteiger partial charge on any atom is 0.251 e. The minimum atomic E-state index is -0.220. The molecule has 3 N–H and O–H groups in total. The van der Waals surface area contributed by atoms with Gasteiger partial charge in [-0.3, -0.25) is 4.79 Å². The molecule has 9 nitrogen and oxygen atoms in total. The zero-order valence-electron chi connectivity index (χ0n) is 20.7. The second kappa shape index (κ2) is 10.7. The first-order valence-electron chi connectivity index (χ1n) is 11.8. The smallest absolute Gasteiger partial charge is 0.251 e. The summed E-state index contributed by atoms with van der Waals surface area (Å²) in [4.78, 5) is 24.2. The first-order chi connectivity index (χ1) is 16.9. The van der Waals surface area contributed by atoms with Gasteiger partial charge in [-0.05, 0) is 55.9 Å². The summed E-state index contributed by atoms with van der Waals surface area (Å²) in [6, 6.07) is 11.4. The number of carbonyl (C=O) groups excluding carboxylic acids is 1. The van der Waals surface area contributed by atoms with Crippen LogP contribution in [0.4, 0.5) is 11.8 Å². The fraction of sp³-hybridized carbons (Fsp3) is 0.423. The van der Waals surface area contributed by atoms with E-state index < -0.39 is 0 Å². The van der Waals surface area contributed by atoms with Crippen LogP contribution in [0.5, 0.6) is 17.2 Å². The van der Waals surface area contributed by atoms with Crippen LogP contribution in [0, 0.1) is 5.92 Å². The van der Waals surface area contributed by atoms with E-state index in [1.807, 2.05) is 43.3 Å². The van der Waals surface area contributed by atoms with Crippen molar-refractivity contribution in [1.29, 1.82) is 0 Å². The fourth-order valence-corrected chi connectivity index (χ4v) is 4.52. The summed E-state index contributed by atoms with van der Waals surface area (Å²) in [6.45, 7) is 0.592. The highest BCUT2D eigenvalue weighted by Crippen LogP contribution is 2.37. The second-order valence-corrected chi connectivity index (χ2v) is 9.08. The highest BCUT2D eigenvalue weighted by molar-refractivity contribution is 5.95. The summed E-state index contributed by atoms with van der Waals surface area (Å²) in [5.41, 5.74) is 1.31. The lowest BCUT2D eigenvalue weighted by Crippen LogP contribution is -2.34. The van der Waals surface area contributed by atoms with Crippen molar-refractivity contribution < 1.29 is 19.4 Å². The van der Waals surface area contributed by atoms with Crippen LogP contribution in [0.2, 0.25) is 0 Å². The molecule has 1 aromatic heterocycles. The van der Waals surface area contributed by atoms with Gasteiger partial charge in [-0.2, -0.15) is 4.98 Å². The Labute approximate surface area is 205 Å². The quantitative estimate of drug-likeness (QED) is 0.447. The number of rotatable bonds is 8. The van der Waals surface area contributed by atoms with Crippen LogP contribution in [0.1, 0.15) is 36.0 Å². The van der Waals surface area contributed by atoms with Crippen LogP contribution < -0.4 is 25.0 Å². The highest BCUT2D eigenvalue weighted by Gasteiger charge is 2.23. The van der Waals surface area contributed by atoms with E-state index >= 15 is 0 Å². The lowest BCUT2D eigenvalue weighted by Gasteiger charge is -2.29. The standard InChI is InChI=1S/C26H33N5O4/c1-31(2)24-19-7-5-6-8-20(19)29-26(30-24)28-18-11-9-16(10-12-18)15-27-25(33)17-13-21(34-3)23(32)22(14-17)35-4/h5-8,13-14,16,18,32H,9-12,15H2,1-4H3,(H,27,33)(H,28,29,30)/t16-,18+. The minimum absolute atomic E-state index is 0.120. The van der Waals surface area contributed by atoms with Crippen LogP contribution in [0.15, 0.2) is 36.4 Å². The van der Waals surface area contributed by atoms with Crippen molar-refractivity contribution in [1.82, 2.24) is 15.3 Å². The van der Waals surface area contributed by atoms with Gasteiger partial charge >= 0.3 is 0 Å². The number of nitrogens with one attached hydrogen (secondary N) is 2. The Balaban J connectivity index is 1.32. The molecule has 186 valence electrons. The Morgan fingerprint density at radius 1 is 1.06 bits per heavy atom. The number of ether oxygens (including phenoxy) is 2. The first kappa shape index (κ1) is 24.4. The summed E-state index contributed by atoms with van der Waals surface area (Å²) in [6.07, 6.45) is 3.95. The molecule has 1 fully saturated rings. The number of methoxy groups -OCH3 is 2. The van der Waals surface area contributed by atoms with Crippen molar-refractivity contribution in [3.8, 4) is 17.2 Å². The molecule has 0 atom stereocenters. The van der Waals surface area contributed by atoms with Crippen LogP contribution in [-0.2, 0) is 0 Å².